The summed E-state index contributed by atoms with van der Waals surface area (Å²) in [5, 5.41) is 0. The summed E-state index contributed by atoms with van der Waals surface area (Å²) in [4.78, 5) is 12.0. The Hall–Kier alpha value is -2.83. The lowest BCUT2D eigenvalue weighted by atomic mass is 10.1. The third-order valence-corrected chi connectivity index (χ3v) is 3.20. The number of hydrogen-bond donors (Lipinski definition) is 0. The largest absolute Gasteiger partial charge is 0.493 e. The van der Waals surface area contributed by atoms with Gasteiger partial charge in [-0.3, -0.25) is 4.79 Å². The van der Waals surface area contributed by atoms with Crippen molar-refractivity contribution in [3.63, 3.8) is 0 Å². The van der Waals surface area contributed by atoms with Crippen molar-refractivity contribution >= 4 is 5.97 Å². The van der Waals surface area contributed by atoms with E-state index < -0.39 is 17.6 Å². The van der Waals surface area contributed by atoms with Crippen LogP contribution in [0, 0.1) is 11.6 Å². The second-order valence-electron chi connectivity index (χ2n) is 4.76. The molecule has 2 aromatic carbocycles. The van der Waals surface area contributed by atoms with Crippen molar-refractivity contribution in [1.29, 1.82) is 0 Å². The van der Waals surface area contributed by atoms with Crippen LogP contribution in [0.4, 0.5) is 8.78 Å². The zero-order chi connectivity index (χ0) is 17.7. The Morgan fingerprint density at radius 3 is 2.04 bits per heavy atom. The Balaban J connectivity index is 2.17. The lowest BCUT2D eigenvalue weighted by Crippen LogP contribution is -2.12. The first kappa shape index (κ1) is 17.5. The van der Waals surface area contributed by atoms with Gasteiger partial charge in [-0.1, -0.05) is 0 Å². The number of benzene rings is 2. The second-order valence-corrected chi connectivity index (χ2v) is 4.76. The Kier molecular flexibility index (Phi) is 5.57. The molecule has 0 atom stereocenters. The molecule has 7 heteroatoms. The lowest BCUT2D eigenvalue weighted by molar-refractivity contribution is -0.133. The molecule has 0 aliphatic carbocycles. The molecule has 0 saturated carbocycles. The fourth-order valence-electron chi connectivity index (χ4n) is 2.11. The zero-order valence-corrected chi connectivity index (χ0v) is 13.4. The minimum absolute atomic E-state index is 0.0775. The quantitative estimate of drug-likeness (QED) is 0.598. The Morgan fingerprint density at radius 2 is 1.54 bits per heavy atom. The number of halogens is 2. The monoisotopic (exact) mass is 338 g/mol. The van der Waals surface area contributed by atoms with Crippen LogP contribution in [0.5, 0.6) is 23.0 Å². The van der Waals surface area contributed by atoms with Gasteiger partial charge in [0.25, 0.3) is 0 Å². The van der Waals surface area contributed by atoms with E-state index in [1.54, 1.807) is 12.1 Å². The van der Waals surface area contributed by atoms with Gasteiger partial charge in [0.15, 0.2) is 23.1 Å². The van der Waals surface area contributed by atoms with Crippen molar-refractivity contribution in [2.75, 3.05) is 21.3 Å². The van der Waals surface area contributed by atoms with E-state index in [-0.39, 0.29) is 12.2 Å². The molecular formula is C17H16F2O5. The molecule has 0 fully saturated rings. The minimum atomic E-state index is -1.09. The van der Waals surface area contributed by atoms with Crippen molar-refractivity contribution in [2.24, 2.45) is 0 Å². The summed E-state index contributed by atoms with van der Waals surface area (Å²) in [7, 11) is 4.39. The number of hydrogen-bond acceptors (Lipinski definition) is 5. The predicted octanol–water partition coefficient (Wildman–Crippen LogP) is 3.14. The van der Waals surface area contributed by atoms with Gasteiger partial charge in [-0.05, 0) is 29.8 Å². The normalized spacial score (nSPS) is 10.2. The number of esters is 1. The number of methoxy groups -OCH3 is 3. The maximum Gasteiger partial charge on any atom is 0.315 e. The number of carbonyl (C=O) groups is 1. The van der Waals surface area contributed by atoms with E-state index in [9.17, 15) is 13.6 Å². The van der Waals surface area contributed by atoms with Crippen LogP contribution >= 0.6 is 0 Å². The van der Waals surface area contributed by atoms with Gasteiger partial charge in [0.2, 0.25) is 5.75 Å². The number of carbonyl (C=O) groups excluding carboxylic acids is 1. The van der Waals surface area contributed by atoms with Crippen LogP contribution < -0.4 is 18.9 Å². The summed E-state index contributed by atoms with van der Waals surface area (Å²) in [5.41, 5.74) is 0.553. The maximum atomic E-state index is 13.1. The van der Waals surface area contributed by atoms with Crippen LogP contribution in [-0.2, 0) is 11.2 Å². The summed E-state index contributed by atoms with van der Waals surface area (Å²) in [6.07, 6.45) is -0.115. The molecule has 2 rings (SSSR count). The van der Waals surface area contributed by atoms with Crippen LogP contribution in [0.2, 0.25) is 0 Å². The number of rotatable bonds is 6. The molecule has 0 aliphatic heterocycles. The smallest absolute Gasteiger partial charge is 0.315 e. The van der Waals surface area contributed by atoms with E-state index in [2.05, 4.69) is 0 Å². The lowest BCUT2D eigenvalue weighted by Gasteiger charge is -2.14. The van der Waals surface area contributed by atoms with Crippen LogP contribution in [0.25, 0.3) is 0 Å². The molecule has 5 nitrogen and oxygen atoms in total. The molecule has 2 aromatic rings. The molecule has 0 radical (unpaired) electrons. The van der Waals surface area contributed by atoms with Crippen LogP contribution in [0.3, 0.4) is 0 Å². The Morgan fingerprint density at radius 1 is 0.917 bits per heavy atom. The van der Waals surface area contributed by atoms with E-state index in [1.807, 2.05) is 0 Å². The van der Waals surface area contributed by atoms with E-state index in [0.717, 1.165) is 12.1 Å². The van der Waals surface area contributed by atoms with E-state index in [0.29, 0.717) is 22.8 Å². The standard InChI is InChI=1S/C17H16F2O5/c1-21-14-6-10(7-15(22-2)17(14)23-3)8-16(20)24-11-4-5-12(18)13(19)9-11/h4-7,9H,8H2,1-3H3. The van der Waals surface area contributed by atoms with Crippen molar-refractivity contribution in [3.8, 4) is 23.0 Å². The summed E-state index contributed by atoms with van der Waals surface area (Å²) in [6, 6.07) is 6.08. The molecule has 0 saturated heterocycles. The second kappa shape index (κ2) is 7.63. The van der Waals surface area contributed by atoms with Gasteiger partial charge in [0.05, 0.1) is 27.8 Å². The highest BCUT2D eigenvalue weighted by molar-refractivity contribution is 5.76. The zero-order valence-electron chi connectivity index (χ0n) is 13.4. The highest BCUT2D eigenvalue weighted by Crippen LogP contribution is 2.38. The Labute approximate surface area is 137 Å². The first-order chi connectivity index (χ1) is 11.5. The van der Waals surface area contributed by atoms with Gasteiger partial charge < -0.3 is 18.9 Å². The van der Waals surface area contributed by atoms with Crippen molar-refractivity contribution < 1.29 is 32.5 Å². The summed E-state index contributed by atoms with van der Waals surface area (Å²) < 4.78 is 46.6. The summed E-state index contributed by atoms with van der Waals surface area (Å²) in [6.45, 7) is 0. The highest BCUT2D eigenvalue weighted by Gasteiger charge is 2.16. The average molecular weight is 338 g/mol. The molecule has 0 heterocycles. The number of ether oxygens (including phenoxy) is 4. The van der Waals surface area contributed by atoms with Gasteiger partial charge in [0.1, 0.15) is 5.75 Å². The van der Waals surface area contributed by atoms with Crippen LogP contribution in [0.1, 0.15) is 5.56 Å². The minimum Gasteiger partial charge on any atom is -0.493 e. The van der Waals surface area contributed by atoms with E-state index >= 15 is 0 Å². The molecule has 0 unspecified atom stereocenters. The van der Waals surface area contributed by atoms with Gasteiger partial charge in [-0.25, -0.2) is 8.78 Å². The molecule has 0 aromatic heterocycles. The third kappa shape index (κ3) is 3.92. The molecule has 0 aliphatic rings. The molecule has 0 bridgehead atoms. The van der Waals surface area contributed by atoms with Crippen molar-refractivity contribution in [3.05, 3.63) is 47.5 Å². The SMILES string of the molecule is COc1cc(CC(=O)Oc2ccc(F)c(F)c2)cc(OC)c1OC. The molecule has 0 N–H and O–H groups in total. The fourth-order valence-corrected chi connectivity index (χ4v) is 2.11. The maximum absolute atomic E-state index is 13.1. The van der Waals surface area contributed by atoms with Crippen molar-refractivity contribution in [2.45, 2.75) is 6.42 Å². The predicted molar refractivity (Wildman–Crippen MR) is 81.8 cm³/mol. The van der Waals surface area contributed by atoms with E-state index in [1.165, 1.54) is 27.4 Å². The molecule has 0 amide bonds. The third-order valence-electron chi connectivity index (χ3n) is 3.20. The molecule has 128 valence electrons. The van der Waals surface area contributed by atoms with Gasteiger partial charge >= 0.3 is 5.97 Å². The fraction of sp³-hybridized carbons (Fsp3) is 0.235. The summed E-state index contributed by atoms with van der Waals surface area (Å²) >= 11 is 0. The molecular weight excluding hydrogens is 322 g/mol. The first-order valence-electron chi connectivity index (χ1n) is 6.93. The van der Waals surface area contributed by atoms with Crippen LogP contribution in [-0.4, -0.2) is 27.3 Å². The first-order valence-corrected chi connectivity index (χ1v) is 6.93. The average Bonchev–Trinajstić information content (AvgIpc) is 2.57. The van der Waals surface area contributed by atoms with Crippen LogP contribution in [0.15, 0.2) is 30.3 Å². The van der Waals surface area contributed by atoms with Crippen molar-refractivity contribution in [1.82, 2.24) is 0 Å². The van der Waals surface area contributed by atoms with E-state index in [4.69, 9.17) is 18.9 Å². The molecule has 0 spiro atoms. The van der Waals surface area contributed by atoms with Gasteiger partial charge in [-0.15, -0.1) is 0 Å². The molecule has 24 heavy (non-hydrogen) atoms. The van der Waals surface area contributed by atoms with Gasteiger partial charge in [0, 0.05) is 6.07 Å². The Bertz CT molecular complexity index is 721. The topological polar surface area (TPSA) is 54.0 Å². The highest BCUT2D eigenvalue weighted by atomic mass is 19.2. The summed E-state index contributed by atoms with van der Waals surface area (Å²) in [5.74, 6) is -1.63. The van der Waals surface area contributed by atoms with Gasteiger partial charge in [-0.2, -0.15) is 0 Å².